The average Bonchev–Trinajstić information content (AvgIpc) is 3.24. The number of likely N-dealkylation sites (tertiary alicyclic amines) is 1. The van der Waals surface area contributed by atoms with E-state index in [0.29, 0.717) is 12.6 Å². The summed E-state index contributed by atoms with van der Waals surface area (Å²) in [6.07, 6.45) is 6.12. The number of amides is 2. The van der Waals surface area contributed by atoms with Crippen molar-refractivity contribution in [2.75, 3.05) is 33.4 Å². The lowest BCUT2D eigenvalue weighted by Crippen LogP contribution is -2.50. The van der Waals surface area contributed by atoms with Crippen molar-refractivity contribution in [2.45, 2.75) is 45.1 Å². The van der Waals surface area contributed by atoms with Gasteiger partial charge in [-0.15, -0.1) is 0 Å². The molecular weight excluding hydrogens is 228 g/mol. The van der Waals surface area contributed by atoms with Crippen molar-refractivity contribution < 1.29 is 9.53 Å². The van der Waals surface area contributed by atoms with Crippen molar-refractivity contribution in [3.63, 3.8) is 0 Å². The van der Waals surface area contributed by atoms with Crippen molar-refractivity contribution >= 4 is 6.03 Å². The second-order valence-corrected chi connectivity index (χ2v) is 5.59. The van der Waals surface area contributed by atoms with Crippen LogP contribution in [-0.2, 0) is 4.74 Å². The molecule has 18 heavy (non-hydrogen) atoms. The lowest BCUT2D eigenvalue weighted by Gasteiger charge is -2.36. The Labute approximate surface area is 110 Å². The van der Waals surface area contributed by atoms with Crippen LogP contribution in [0.15, 0.2) is 0 Å². The highest BCUT2D eigenvalue weighted by Crippen LogP contribution is 2.35. The van der Waals surface area contributed by atoms with E-state index in [1.807, 2.05) is 9.80 Å². The van der Waals surface area contributed by atoms with Crippen LogP contribution in [-0.4, -0.2) is 55.2 Å². The third-order valence-electron chi connectivity index (χ3n) is 4.20. The predicted molar refractivity (Wildman–Crippen MR) is 71.6 cm³/mol. The predicted octanol–water partition coefficient (Wildman–Crippen LogP) is 2.34. The lowest BCUT2D eigenvalue weighted by molar-refractivity contribution is 0.0984. The first-order chi connectivity index (χ1) is 8.74. The molecule has 4 heteroatoms. The van der Waals surface area contributed by atoms with E-state index in [1.165, 1.54) is 19.3 Å². The number of urea groups is 1. The van der Waals surface area contributed by atoms with Gasteiger partial charge in [0.2, 0.25) is 0 Å². The van der Waals surface area contributed by atoms with E-state index in [0.717, 1.165) is 38.4 Å². The van der Waals surface area contributed by atoms with Crippen molar-refractivity contribution in [3.05, 3.63) is 0 Å². The van der Waals surface area contributed by atoms with Gasteiger partial charge in [0, 0.05) is 32.8 Å². The number of rotatable bonds is 5. The molecule has 1 atom stereocenters. The molecule has 0 aromatic carbocycles. The summed E-state index contributed by atoms with van der Waals surface area (Å²) in [5, 5.41) is 0. The van der Waals surface area contributed by atoms with E-state index >= 15 is 0 Å². The number of piperidine rings is 1. The summed E-state index contributed by atoms with van der Waals surface area (Å²) >= 11 is 0. The standard InChI is InChI=1S/C14H26N2O2/c1-12(13-6-7-13)16(10-11-18-2)14(17)15-8-4-3-5-9-15/h12-13H,3-11H2,1-2H3. The molecule has 0 bridgehead atoms. The zero-order valence-electron chi connectivity index (χ0n) is 11.7. The Morgan fingerprint density at radius 2 is 2.00 bits per heavy atom. The summed E-state index contributed by atoms with van der Waals surface area (Å²) < 4.78 is 5.15. The second-order valence-electron chi connectivity index (χ2n) is 5.59. The van der Waals surface area contributed by atoms with Crippen molar-refractivity contribution in [1.29, 1.82) is 0 Å². The monoisotopic (exact) mass is 254 g/mol. The van der Waals surface area contributed by atoms with E-state index in [2.05, 4.69) is 6.92 Å². The fourth-order valence-electron chi connectivity index (χ4n) is 2.76. The summed E-state index contributed by atoms with van der Waals surface area (Å²) in [4.78, 5) is 16.6. The minimum Gasteiger partial charge on any atom is -0.383 e. The van der Waals surface area contributed by atoms with Crippen LogP contribution in [0.1, 0.15) is 39.0 Å². The first kappa shape index (κ1) is 13.7. The second kappa shape index (κ2) is 6.41. The minimum atomic E-state index is 0.228. The molecule has 1 unspecified atom stereocenters. The van der Waals surface area contributed by atoms with Crippen molar-refractivity contribution in [1.82, 2.24) is 9.80 Å². The average molecular weight is 254 g/mol. The molecule has 0 radical (unpaired) electrons. The van der Waals surface area contributed by atoms with Crippen LogP contribution in [0, 0.1) is 5.92 Å². The fraction of sp³-hybridized carbons (Fsp3) is 0.929. The molecule has 1 saturated heterocycles. The van der Waals surface area contributed by atoms with Crippen LogP contribution < -0.4 is 0 Å². The molecule has 2 aliphatic rings. The topological polar surface area (TPSA) is 32.8 Å². The Hall–Kier alpha value is -0.770. The van der Waals surface area contributed by atoms with Crippen LogP contribution >= 0.6 is 0 Å². The molecule has 2 fully saturated rings. The maximum Gasteiger partial charge on any atom is 0.320 e. The molecule has 2 rings (SSSR count). The van der Waals surface area contributed by atoms with E-state index in [4.69, 9.17) is 4.74 Å². The smallest absolute Gasteiger partial charge is 0.320 e. The van der Waals surface area contributed by atoms with E-state index in [9.17, 15) is 4.79 Å². The van der Waals surface area contributed by atoms with Gasteiger partial charge in [0.05, 0.1) is 6.61 Å². The number of carbonyl (C=O) groups excluding carboxylic acids is 1. The molecule has 4 nitrogen and oxygen atoms in total. The number of methoxy groups -OCH3 is 1. The molecular formula is C14H26N2O2. The number of ether oxygens (including phenoxy) is 1. The third-order valence-corrected chi connectivity index (χ3v) is 4.20. The molecule has 1 aliphatic carbocycles. The van der Waals surface area contributed by atoms with Crippen LogP contribution in [0.25, 0.3) is 0 Å². The highest BCUT2D eigenvalue weighted by molar-refractivity contribution is 5.75. The Kier molecular flexibility index (Phi) is 4.87. The van der Waals surface area contributed by atoms with Crippen LogP contribution in [0.3, 0.4) is 0 Å². The van der Waals surface area contributed by atoms with E-state index in [-0.39, 0.29) is 6.03 Å². The number of hydrogen-bond acceptors (Lipinski definition) is 2. The van der Waals surface area contributed by atoms with Gasteiger partial charge in [0.15, 0.2) is 0 Å². The maximum absolute atomic E-state index is 12.6. The minimum absolute atomic E-state index is 0.228. The molecule has 1 aliphatic heterocycles. The summed E-state index contributed by atoms with van der Waals surface area (Å²) in [5.74, 6) is 0.718. The van der Waals surface area contributed by atoms with Gasteiger partial charge >= 0.3 is 6.03 Å². The molecule has 104 valence electrons. The number of hydrogen-bond donors (Lipinski definition) is 0. The highest BCUT2D eigenvalue weighted by Gasteiger charge is 2.35. The normalized spacial score (nSPS) is 21.8. The van der Waals surface area contributed by atoms with Gasteiger partial charge in [-0.2, -0.15) is 0 Å². The lowest BCUT2D eigenvalue weighted by atomic mass is 10.1. The fourth-order valence-corrected chi connectivity index (χ4v) is 2.76. The van der Waals surface area contributed by atoms with Crippen LogP contribution in [0.5, 0.6) is 0 Å². The molecule has 0 spiro atoms. The van der Waals surface area contributed by atoms with Crippen LogP contribution in [0.4, 0.5) is 4.79 Å². The van der Waals surface area contributed by atoms with Gasteiger partial charge in [-0.3, -0.25) is 0 Å². The largest absolute Gasteiger partial charge is 0.383 e. The van der Waals surface area contributed by atoms with Gasteiger partial charge in [-0.1, -0.05) is 0 Å². The molecule has 0 aromatic rings. The number of carbonyl (C=O) groups is 1. The zero-order valence-corrected chi connectivity index (χ0v) is 11.7. The summed E-state index contributed by atoms with van der Waals surface area (Å²) in [5.41, 5.74) is 0. The Balaban J connectivity index is 1.94. The number of nitrogens with zero attached hydrogens (tertiary/aromatic N) is 2. The summed E-state index contributed by atoms with van der Waals surface area (Å²) in [6.45, 7) is 5.41. The first-order valence-corrected chi connectivity index (χ1v) is 7.28. The van der Waals surface area contributed by atoms with Crippen molar-refractivity contribution in [2.24, 2.45) is 5.92 Å². The van der Waals surface area contributed by atoms with Gasteiger partial charge in [-0.05, 0) is 44.9 Å². The van der Waals surface area contributed by atoms with E-state index < -0.39 is 0 Å². The molecule has 0 aromatic heterocycles. The molecule has 2 amide bonds. The zero-order chi connectivity index (χ0) is 13.0. The quantitative estimate of drug-likeness (QED) is 0.754. The molecule has 1 heterocycles. The maximum atomic E-state index is 12.6. The van der Waals surface area contributed by atoms with Gasteiger partial charge in [0.1, 0.15) is 0 Å². The highest BCUT2D eigenvalue weighted by atomic mass is 16.5. The van der Waals surface area contributed by atoms with Gasteiger partial charge in [-0.25, -0.2) is 4.79 Å². The third kappa shape index (κ3) is 3.37. The van der Waals surface area contributed by atoms with Crippen molar-refractivity contribution in [3.8, 4) is 0 Å². The Morgan fingerprint density at radius 3 is 2.56 bits per heavy atom. The Morgan fingerprint density at radius 1 is 1.33 bits per heavy atom. The Bertz CT molecular complexity index is 273. The van der Waals surface area contributed by atoms with Gasteiger partial charge in [0.25, 0.3) is 0 Å². The molecule has 1 saturated carbocycles. The van der Waals surface area contributed by atoms with E-state index in [1.54, 1.807) is 7.11 Å². The first-order valence-electron chi connectivity index (χ1n) is 7.28. The van der Waals surface area contributed by atoms with Gasteiger partial charge < -0.3 is 14.5 Å². The molecule has 0 N–H and O–H groups in total. The summed E-state index contributed by atoms with van der Waals surface area (Å²) in [7, 11) is 1.70. The van der Waals surface area contributed by atoms with Crippen LogP contribution in [0.2, 0.25) is 0 Å². The summed E-state index contributed by atoms with van der Waals surface area (Å²) in [6, 6.07) is 0.598. The SMILES string of the molecule is COCCN(C(=O)N1CCCCC1)C(C)C1CC1.